The number of esters is 1. The molecular weight excluding hydrogens is 322 g/mol. The highest BCUT2D eigenvalue weighted by atomic mass is 16.6. The quantitative estimate of drug-likeness (QED) is 0.783. The highest BCUT2D eigenvalue weighted by Gasteiger charge is 2.55. The van der Waals surface area contributed by atoms with Gasteiger partial charge in [-0.15, -0.1) is 0 Å². The van der Waals surface area contributed by atoms with E-state index in [-0.39, 0.29) is 24.5 Å². The molecule has 1 aromatic carbocycles. The van der Waals surface area contributed by atoms with Gasteiger partial charge in [-0.1, -0.05) is 32.0 Å². The Morgan fingerprint density at radius 1 is 1.32 bits per heavy atom. The number of carbonyl (C=O) groups is 2. The standard InChI is InChI=1S/C19H25NO5/c1-5-23-18(21)14-9-20(19(22)24-10-11(2)3)15-13-8-6-7-12(4)16(13)25-17(14)15/h6-8,11,14-15,17H,5,9-10H2,1-4H3/t14-,15+,17+/m1/s1. The van der Waals surface area contributed by atoms with E-state index in [0.717, 1.165) is 16.9 Å². The molecule has 0 unspecified atom stereocenters. The molecule has 6 heteroatoms. The molecule has 0 spiro atoms. The minimum absolute atomic E-state index is 0.248. The lowest BCUT2D eigenvalue weighted by molar-refractivity contribution is -0.149. The summed E-state index contributed by atoms with van der Waals surface area (Å²) < 4.78 is 16.7. The van der Waals surface area contributed by atoms with Crippen LogP contribution < -0.4 is 4.74 Å². The maximum atomic E-state index is 12.6. The SMILES string of the molecule is CCOC(=O)[C@@H]1CN(C(=O)OCC(C)C)[C@H]2c3cccc(C)c3O[C@@H]12. The van der Waals surface area contributed by atoms with Crippen molar-refractivity contribution >= 4 is 12.1 Å². The summed E-state index contributed by atoms with van der Waals surface area (Å²) >= 11 is 0. The largest absolute Gasteiger partial charge is 0.486 e. The zero-order valence-electron chi connectivity index (χ0n) is 15.2. The fraction of sp³-hybridized carbons (Fsp3) is 0.579. The summed E-state index contributed by atoms with van der Waals surface area (Å²) in [5.74, 6) is 0.163. The summed E-state index contributed by atoms with van der Waals surface area (Å²) in [4.78, 5) is 26.6. The first-order valence-electron chi connectivity index (χ1n) is 8.80. The Morgan fingerprint density at radius 3 is 2.76 bits per heavy atom. The van der Waals surface area contributed by atoms with Crippen molar-refractivity contribution in [2.45, 2.75) is 39.8 Å². The van der Waals surface area contributed by atoms with Gasteiger partial charge < -0.3 is 14.2 Å². The number of nitrogens with zero attached hydrogens (tertiary/aromatic N) is 1. The number of rotatable bonds is 4. The van der Waals surface area contributed by atoms with E-state index in [2.05, 4.69) is 0 Å². The fourth-order valence-electron chi connectivity index (χ4n) is 3.49. The van der Waals surface area contributed by atoms with Crippen LogP contribution in [0.4, 0.5) is 4.79 Å². The molecule has 2 aliphatic heterocycles. The molecule has 1 amide bonds. The van der Waals surface area contributed by atoms with Gasteiger partial charge in [-0.25, -0.2) is 4.79 Å². The molecule has 6 nitrogen and oxygen atoms in total. The predicted octanol–water partition coefficient (Wildman–Crippen LogP) is 3.08. The summed E-state index contributed by atoms with van der Waals surface area (Å²) in [6.07, 6.45) is -0.838. The van der Waals surface area contributed by atoms with Gasteiger partial charge in [-0.05, 0) is 25.3 Å². The van der Waals surface area contributed by atoms with Crippen molar-refractivity contribution in [1.29, 1.82) is 0 Å². The minimum Gasteiger partial charge on any atom is -0.486 e. The number of para-hydroxylation sites is 1. The molecule has 0 radical (unpaired) electrons. The smallest absolute Gasteiger partial charge is 0.410 e. The number of aryl methyl sites for hydroxylation is 1. The molecule has 136 valence electrons. The minimum atomic E-state index is -0.511. The van der Waals surface area contributed by atoms with Crippen molar-refractivity contribution in [2.75, 3.05) is 19.8 Å². The molecule has 1 fully saturated rings. The third-order valence-corrected chi connectivity index (χ3v) is 4.62. The van der Waals surface area contributed by atoms with Crippen molar-refractivity contribution in [3.63, 3.8) is 0 Å². The van der Waals surface area contributed by atoms with Crippen LogP contribution in [-0.2, 0) is 14.3 Å². The molecule has 0 bridgehead atoms. The molecule has 3 rings (SSSR count). The molecule has 2 heterocycles. The highest BCUT2D eigenvalue weighted by Crippen LogP contribution is 2.49. The van der Waals surface area contributed by atoms with E-state index in [1.807, 2.05) is 39.0 Å². The van der Waals surface area contributed by atoms with Gasteiger partial charge in [0.25, 0.3) is 0 Å². The lowest BCUT2D eigenvalue weighted by atomic mass is 9.98. The molecule has 25 heavy (non-hydrogen) atoms. The Balaban J connectivity index is 1.90. The van der Waals surface area contributed by atoms with Crippen LogP contribution >= 0.6 is 0 Å². The number of benzene rings is 1. The molecule has 2 aliphatic rings. The van der Waals surface area contributed by atoms with E-state index < -0.39 is 18.1 Å². The zero-order chi connectivity index (χ0) is 18.1. The topological polar surface area (TPSA) is 65.1 Å². The van der Waals surface area contributed by atoms with Crippen molar-refractivity contribution in [3.8, 4) is 5.75 Å². The number of hydrogen-bond acceptors (Lipinski definition) is 5. The summed E-state index contributed by atoms with van der Waals surface area (Å²) in [6.45, 7) is 8.60. The number of carbonyl (C=O) groups excluding carboxylic acids is 2. The fourth-order valence-corrected chi connectivity index (χ4v) is 3.49. The summed E-state index contributed by atoms with van der Waals surface area (Å²) in [5.41, 5.74) is 1.92. The van der Waals surface area contributed by atoms with E-state index in [9.17, 15) is 9.59 Å². The van der Waals surface area contributed by atoms with E-state index in [1.54, 1.807) is 11.8 Å². The maximum absolute atomic E-state index is 12.6. The normalized spacial score (nSPS) is 23.9. The van der Waals surface area contributed by atoms with E-state index >= 15 is 0 Å². The van der Waals surface area contributed by atoms with Crippen LogP contribution in [0.15, 0.2) is 18.2 Å². The summed E-state index contributed by atoms with van der Waals surface area (Å²) in [5, 5.41) is 0. The molecule has 0 aromatic heterocycles. The van der Waals surface area contributed by atoms with Gasteiger partial charge in [0.1, 0.15) is 23.8 Å². The van der Waals surface area contributed by atoms with Crippen LogP contribution in [0.3, 0.4) is 0 Å². The van der Waals surface area contributed by atoms with Gasteiger partial charge in [-0.2, -0.15) is 0 Å². The Labute approximate surface area is 148 Å². The first kappa shape index (κ1) is 17.6. The Kier molecular flexibility index (Phi) is 4.88. The first-order valence-corrected chi connectivity index (χ1v) is 8.80. The van der Waals surface area contributed by atoms with Gasteiger partial charge >= 0.3 is 12.1 Å². The van der Waals surface area contributed by atoms with Crippen LogP contribution in [0.5, 0.6) is 5.75 Å². The van der Waals surface area contributed by atoms with Crippen LogP contribution in [0.25, 0.3) is 0 Å². The number of ether oxygens (including phenoxy) is 3. The second-order valence-electron chi connectivity index (χ2n) is 7.00. The third kappa shape index (κ3) is 3.17. The number of likely N-dealkylation sites (tertiary alicyclic amines) is 1. The number of fused-ring (bicyclic) bond motifs is 3. The molecule has 3 atom stereocenters. The van der Waals surface area contributed by atoms with Gasteiger partial charge in [0.05, 0.1) is 13.2 Å². The second kappa shape index (κ2) is 6.94. The summed E-state index contributed by atoms with van der Waals surface area (Å²) in [7, 11) is 0. The third-order valence-electron chi connectivity index (χ3n) is 4.62. The molecule has 1 aromatic rings. The van der Waals surface area contributed by atoms with Crippen LogP contribution in [0.2, 0.25) is 0 Å². The molecular formula is C19H25NO5. The monoisotopic (exact) mass is 347 g/mol. The van der Waals surface area contributed by atoms with E-state index in [0.29, 0.717) is 13.2 Å². The lowest BCUT2D eigenvalue weighted by Gasteiger charge is -2.23. The van der Waals surface area contributed by atoms with Crippen molar-refractivity contribution < 1.29 is 23.8 Å². The average Bonchev–Trinajstić information content (AvgIpc) is 3.11. The molecule has 0 saturated carbocycles. The van der Waals surface area contributed by atoms with E-state index in [1.165, 1.54) is 0 Å². The average molecular weight is 347 g/mol. The van der Waals surface area contributed by atoms with Crippen LogP contribution in [0, 0.1) is 18.8 Å². The first-order chi connectivity index (χ1) is 11.9. The number of amides is 1. The Hall–Kier alpha value is -2.24. The number of hydrogen-bond donors (Lipinski definition) is 0. The van der Waals surface area contributed by atoms with Gasteiger partial charge in [-0.3, -0.25) is 9.69 Å². The molecule has 0 N–H and O–H groups in total. The maximum Gasteiger partial charge on any atom is 0.410 e. The van der Waals surface area contributed by atoms with Crippen molar-refractivity contribution in [1.82, 2.24) is 4.90 Å². The highest BCUT2D eigenvalue weighted by molar-refractivity contribution is 5.78. The zero-order valence-corrected chi connectivity index (χ0v) is 15.2. The molecule has 1 saturated heterocycles. The van der Waals surface area contributed by atoms with Crippen molar-refractivity contribution in [2.24, 2.45) is 11.8 Å². The van der Waals surface area contributed by atoms with Gasteiger partial charge in [0.15, 0.2) is 0 Å². The molecule has 0 aliphatic carbocycles. The second-order valence-corrected chi connectivity index (χ2v) is 7.00. The Morgan fingerprint density at radius 2 is 2.08 bits per heavy atom. The Bertz CT molecular complexity index is 672. The van der Waals surface area contributed by atoms with Crippen molar-refractivity contribution in [3.05, 3.63) is 29.3 Å². The lowest BCUT2D eigenvalue weighted by Crippen LogP contribution is -2.33. The van der Waals surface area contributed by atoms with Gasteiger partial charge in [0.2, 0.25) is 0 Å². The van der Waals surface area contributed by atoms with Crippen LogP contribution in [-0.4, -0.2) is 42.8 Å². The van der Waals surface area contributed by atoms with E-state index in [4.69, 9.17) is 14.2 Å². The van der Waals surface area contributed by atoms with Crippen LogP contribution in [0.1, 0.15) is 37.9 Å². The predicted molar refractivity (Wildman–Crippen MR) is 91.4 cm³/mol. The summed E-state index contributed by atoms with van der Waals surface area (Å²) in [6, 6.07) is 5.53. The van der Waals surface area contributed by atoms with Gasteiger partial charge in [0, 0.05) is 12.1 Å².